The molecule has 0 aliphatic carbocycles. The summed E-state index contributed by atoms with van der Waals surface area (Å²) < 4.78 is 0. The van der Waals surface area contributed by atoms with Gasteiger partial charge in [-0.3, -0.25) is 4.90 Å². The average Bonchev–Trinajstić information content (AvgIpc) is 3.10. The van der Waals surface area contributed by atoms with E-state index in [2.05, 4.69) is 33.2 Å². The average molecular weight is 375 g/mol. The molecule has 1 N–H and O–H groups in total. The number of halogens is 1. The largest absolute Gasteiger partial charge is 0.361 e. The van der Waals surface area contributed by atoms with Crippen molar-refractivity contribution in [2.45, 2.75) is 19.5 Å². The highest BCUT2D eigenvalue weighted by molar-refractivity contribution is 6.31. The van der Waals surface area contributed by atoms with Gasteiger partial charge < -0.3 is 4.98 Å². The van der Waals surface area contributed by atoms with Crippen LogP contribution in [-0.4, -0.2) is 26.4 Å². The minimum absolute atomic E-state index is 0.771. The van der Waals surface area contributed by atoms with Crippen LogP contribution in [0.2, 0.25) is 5.02 Å². The fraction of sp³-hybridized carbons (Fsp3) is 0.182. The first kappa shape index (κ1) is 16.5. The number of benzene rings is 2. The van der Waals surface area contributed by atoms with Crippen molar-refractivity contribution < 1.29 is 0 Å². The quantitative estimate of drug-likeness (QED) is 0.558. The molecule has 134 valence electrons. The Morgan fingerprint density at radius 1 is 1.11 bits per heavy atom. The molecule has 0 saturated carbocycles. The molecule has 4 aromatic rings. The van der Waals surface area contributed by atoms with Gasteiger partial charge >= 0.3 is 0 Å². The number of H-pyrrole nitrogens is 1. The number of nitrogens with one attached hydrogen (secondary N) is 1. The minimum atomic E-state index is 0.771. The van der Waals surface area contributed by atoms with E-state index in [0.29, 0.717) is 0 Å². The number of hydrogen-bond acceptors (Lipinski definition) is 3. The topological polar surface area (TPSA) is 44.8 Å². The summed E-state index contributed by atoms with van der Waals surface area (Å²) in [5.41, 5.74) is 5.85. The van der Waals surface area contributed by atoms with Gasteiger partial charge in [-0.25, -0.2) is 9.97 Å². The molecule has 0 radical (unpaired) electrons. The normalized spacial score (nSPS) is 14.4. The monoisotopic (exact) mass is 374 g/mol. The first-order chi connectivity index (χ1) is 13.3. The van der Waals surface area contributed by atoms with E-state index in [9.17, 15) is 0 Å². The molecule has 2 aromatic carbocycles. The maximum Gasteiger partial charge on any atom is 0.159 e. The lowest BCUT2D eigenvalue weighted by Crippen LogP contribution is -2.31. The van der Waals surface area contributed by atoms with Crippen molar-refractivity contribution in [1.29, 1.82) is 0 Å². The van der Waals surface area contributed by atoms with Gasteiger partial charge in [0.1, 0.15) is 0 Å². The summed E-state index contributed by atoms with van der Waals surface area (Å²) >= 11 is 6.19. The molecule has 0 saturated heterocycles. The highest BCUT2D eigenvalue weighted by atomic mass is 35.5. The van der Waals surface area contributed by atoms with E-state index in [0.717, 1.165) is 53.7 Å². The lowest BCUT2D eigenvalue weighted by atomic mass is 10.1. The van der Waals surface area contributed by atoms with E-state index < -0.39 is 0 Å². The van der Waals surface area contributed by atoms with Gasteiger partial charge in [-0.15, -0.1) is 0 Å². The zero-order valence-corrected chi connectivity index (χ0v) is 15.6. The smallest absolute Gasteiger partial charge is 0.159 e. The van der Waals surface area contributed by atoms with E-state index in [1.165, 1.54) is 16.5 Å². The van der Waals surface area contributed by atoms with Crippen LogP contribution in [0.1, 0.15) is 16.8 Å². The molecule has 4 nitrogen and oxygen atoms in total. The molecule has 27 heavy (non-hydrogen) atoms. The van der Waals surface area contributed by atoms with Crippen molar-refractivity contribution in [1.82, 2.24) is 19.9 Å². The van der Waals surface area contributed by atoms with E-state index in [1.807, 2.05) is 42.6 Å². The van der Waals surface area contributed by atoms with Crippen molar-refractivity contribution in [3.8, 4) is 11.4 Å². The summed E-state index contributed by atoms with van der Waals surface area (Å²) in [5, 5.41) is 1.97. The van der Waals surface area contributed by atoms with Crippen molar-refractivity contribution in [3.05, 3.63) is 82.8 Å². The maximum atomic E-state index is 6.19. The van der Waals surface area contributed by atoms with E-state index in [-0.39, 0.29) is 0 Å². The molecular weight excluding hydrogens is 356 g/mol. The van der Waals surface area contributed by atoms with Crippen LogP contribution in [0.5, 0.6) is 0 Å². The molecule has 0 atom stereocenters. The van der Waals surface area contributed by atoms with Gasteiger partial charge in [0, 0.05) is 53.5 Å². The fourth-order valence-corrected chi connectivity index (χ4v) is 3.91. The molecule has 0 unspecified atom stereocenters. The Kier molecular flexibility index (Phi) is 4.15. The molecule has 0 amide bonds. The third-order valence-electron chi connectivity index (χ3n) is 5.18. The fourth-order valence-electron chi connectivity index (χ4n) is 3.74. The molecule has 0 spiro atoms. The third kappa shape index (κ3) is 3.22. The van der Waals surface area contributed by atoms with Crippen LogP contribution in [0, 0.1) is 0 Å². The highest BCUT2D eigenvalue weighted by Gasteiger charge is 2.20. The zero-order valence-electron chi connectivity index (χ0n) is 14.8. The summed E-state index contributed by atoms with van der Waals surface area (Å²) in [5.74, 6) is 0.801. The second-order valence-electron chi connectivity index (χ2n) is 7.00. The van der Waals surface area contributed by atoms with Gasteiger partial charge in [-0.1, -0.05) is 41.9 Å². The molecule has 5 rings (SSSR count). The second-order valence-corrected chi connectivity index (χ2v) is 7.43. The van der Waals surface area contributed by atoms with E-state index >= 15 is 0 Å². The summed E-state index contributed by atoms with van der Waals surface area (Å²) in [4.78, 5) is 15.2. The summed E-state index contributed by atoms with van der Waals surface area (Å²) in [6, 6.07) is 16.2. The Bertz CT molecular complexity index is 1100. The van der Waals surface area contributed by atoms with Gasteiger partial charge in [-0.05, 0) is 35.7 Å². The third-order valence-corrected chi connectivity index (χ3v) is 5.42. The van der Waals surface area contributed by atoms with E-state index in [1.54, 1.807) is 0 Å². The Hall–Kier alpha value is -2.69. The van der Waals surface area contributed by atoms with Crippen LogP contribution in [0.15, 0.2) is 60.9 Å². The molecule has 1 aliphatic heterocycles. The molecule has 1 aliphatic rings. The van der Waals surface area contributed by atoms with Crippen LogP contribution >= 0.6 is 11.6 Å². The van der Waals surface area contributed by atoms with Gasteiger partial charge in [0.15, 0.2) is 5.82 Å². The van der Waals surface area contributed by atoms with Gasteiger partial charge in [-0.2, -0.15) is 0 Å². The SMILES string of the molecule is Clc1ccc2[nH]cc(CN3CCc4cnc(-c5ccccc5)nc4C3)c2c1. The maximum absolute atomic E-state index is 6.19. The van der Waals surface area contributed by atoms with Crippen LogP contribution in [-0.2, 0) is 19.5 Å². The standard InChI is InChI=1S/C22H19ClN4/c23-18-6-7-20-19(10-18)17(12-24-20)13-27-9-8-16-11-25-22(26-21(16)14-27)15-4-2-1-3-5-15/h1-7,10-12,24H,8-9,13-14H2. The number of aromatic amines is 1. The molecular formula is C22H19ClN4. The molecule has 0 bridgehead atoms. The number of fused-ring (bicyclic) bond motifs is 2. The first-order valence-corrected chi connectivity index (χ1v) is 9.52. The van der Waals surface area contributed by atoms with Gasteiger partial charge in [0.25, 0.3) is 0 Å². The van der Waals surface area contributed by atoms with Crippen LogP contribution in [0.3, 0.4) is 0 Å². The zero-order chi connectivity index (χ0) is 18.2. The summed E-state index contributed by atoms with van der Waals surface area (Å²) in [6.07, 6.45) is 5.06. The molecule has 3 heterocycles. The van der Waals surface area contributed by atoms with Crippen LogP contribution in [0.4, 0.5) is 0 Å². The van der Waals surface area contributed by atoms with Crippen molar-refractivity contribution in [2.24, 2.45) is 0 Å². The van der Waals surface area contributed by atoms with Crippen LogP contribution < -0.4 is 0 Å². The second kappa shape index (κ2) is 6.80. The Morgan fingerprint density at radius 3 is 2.89 bits per heavy atom. The highest BCUT2D eigenvalue weighted by Crippen LogP contribution is 2.26. The predicted octanol–water partition coefficient (Wildman–Crippen LogP) is 4.84. The number of rotatable bonds is 3. The van der Waals surface area contributed by atoms with Crippen LogP contribution in [0.25, 0.3) is 22.3 Å². The number of aromatic nitrogens is 3. The predicted molar refractivity (Wildman–Crippen MR) is 109 cm³/mol. The lowest BCUT2D eigenvalue weighted by Gasteiger charge is -2.27. The Labute approximate surface area is 162 Å². The Balaban J connectivity index is 1.41. The van der Waals surface area contributed by atoms with Crippen molar-refractivity contribution >= 4 is 22.5 Å². The summed E-state index contributed by atoms with van der Waals surface area (Å²) in [6.45, 7) is 2.73. The Morgan fingerprint density at radius 2 is 2.00 bits per heavy atom. The van der Waals surface area contributed by atoms with Gasteiger partial charge in [0.05, 0.1) is 5.69 Å². The summed E-state index contributed by atoms with van der Waals surface area (Å²) in [7, 11) is 0. The molecule has 2 aromatic heterocycles. The first-order valence-electron chi connectivity index (χ1n) is 9.14. The molecule has 5 heteroatoms. The van der Waals surface area contributed by atoms with E-state index in [4.69, 9.17) is 16.6 Å². The number of nitrogens with zero attached hydrogens (tertiary/aromatic N) is 3. The number of hydrogen-bond donors (Lipinski definition) is 1. The lowest BCUT2D eigenvalue weighted by molar-refractivity contribution is 0.242. The van der Waals surface area contributed by atoms with Crippen molar-refractivity contribution in [3.63, 3.8) is 0 Å². The minimum Gasteiger partial charge on any atom is -0.361 e. The van der Waals surface area contributed by atoms with Gasteiger partial charge in [0.2, 0.25) is 0 Å². The molecule has 0 fully saturated rings. The van der Waals surface area contributed by atoms with Crippen molar-refractivity contribution in [2.75, 3.05) is 6.54 Å².